The quantitative estimate of drug-likeness (QED) is 0.787. The highest BCUT2D eigenvalue weighted by Crippen LogP contribution is 2.27. The summed E-state index contributed by atoms with van der Waals surface area (Å²) in [4.78, 5) is 5.94. The molecule has 1 aliphatic heterocycles. The molecule has 1 aromatic heterocycles. The van der Waals surface area contributed by atoms with Crippen molar-refractivity contribution in [2.75, 3.05) is 19.6 Å². The van der Waals surface area contributed by atoms with E-state index in [0.717, 1.165) is 25.9 Å². The van der Waals surface area contributed by atoms with Crippen LogP contribution in [0.15, 0.2) is 24.5 Å². The molecular weight excluding hydrogens is 210 g/mol. The molecule has 0 atom stereocenters. The van der Waals surface area contributed by atoms with Crippen LogP contribution in [-0.4, -0.2) is 35.9 Å². The van der Waals surface area contributed by atoms with E-state index in [1.807, 2.05) is 17.2 Å². The highest BCUT2D eigenvalue weighted by Gasteiger charge is 2.22. The van der Waals surface area contributed by atoms with Gasteiger partial charge in [-0.3, -0.25) is 9.88 Å². The average molecular weight is 226 g/mol. The summed E-state index contributed by atoms with van der Waals surface area (Å²) in [5.41, 5.74) is 1.24. The first-order valence-electron chi connectivity index (χ1n) is 5.66. The zero-order valence-corrected chi connectivity index (χ0v) is 9.15. The Labute approximate surface area is 94.3 Å². The lowest BCUT2D eigenvalue weighted by Crippen LogP contribution is -2.36. The van der Waals surface area contributed by atoms with Crippen LogP contribution in [-0.2, 0) is 0 Å². The van der Waals surface area contributed by atoms with E-state index < -0.39 is 6.43 Å². The molecule has 1 aromatic rings. The van der Waals surface area contributed by atoms with Crippen molar-refractivity contribution >= 4 is 0 Å². The lowest BCUT2D eigenvalue weighted by molar-refractivity contribution is 0.0754. The van der Waals surface area contributed by atoms with Crippen LogP contribution in [0.3, 0.4) is 0 Å². The standard InChI is InChI=1S/C12H16F2N2/c13-12(14)9-16-6-3-10(4-7-16)11-2-1-5-15-8-11/h1-2,5,8,10,12H,3-4,6-7,9H2. The Morgan fingerprint density at radius 1 is 1.38 bits per heavy atom. The molecule has 1 fully saturated rings. The van der Waals surface area contributed by atoms with E-state index in [2.05, 4.69) is 11.1 Å². The summed E-state index contributed by atoms with van der Waals surface area (Å²) in [6, 6.07) is 4.00. The van der Waals surface area contributed by atoms with Crippen molar-refractivity contribution in [2.45, 2.75) is 25.2 Å². The van der Waals surface area contributed by atoms with Crippen LogP contribution >= 0.6 is 0 Å². The first-order chi connectivity index (χ1) is 7.75. The number of alkyl halides is 2. The van der Waals surface area contributed by atoms with Gasteiger partial charge in [0.15, 0.2) is 0 Å². The number of hydrogen-bond donors (Lipinski definition) is 0. The van der Waals surface area contributed by atoms with E-state index in [1.54, 1.807) is 6.20 Å². The highest BCUT2D eigenvalue weighted by atomic mass is 19.3. The topological polar surface area (TPSA) is 16.1 Å². The molecule has 2 rings (SSSR count). The van der Waals surface area contributed by atoms with E-state index in [4.69, 9.17) is 0 Å². The molecule has 2 heterocycles. The van der Waals surface area contributed by atoms with Crippen molar-refractivity contribution < 1.29 is 8.78 Å². The molecule has 1 aliphatic rings. The number of rotatable bonds is 3. The molecule has 0 aromatic carbocycles. The van der Waals surface area contributed by atoms with E-state index in [1.165, 1.54) is 5.56 Å². The van der Waals surface area contributed by atoms with E-state index in [0.29, 0.717) is 5.92 Å². The van der Waals surface area contributed by atoms with Crippen molar-refractivity contribution in [3.8, 4) is 0 Å². The third-order valence-electron chi connectivity index (χ3n) is 3.14. The molecule has 0 amide bonds. The van der Waals surface area contributed by atoms with Gasteiger partial charge in [0.05, 0.1) is 6.54 Å². The van der Waals surface area contributed by atoms with Gasteiger partial charge in [0.2, 0.25) is 0 Å². The summed E-state index contributed by atoms with van der Waals surface area (Å²) in [6.45, 7) is 1.45. The number of nitrogens with zero attached hydrogens (tertiary/aromatic N) is 2. The number of aromatic nitrogens is 1. The van der Waals surface area contributed by atoms with Crippen LogP contribution in [0.4, 0.5) is 8.78 Å². The van der Waals surface area contributed by atoms with Crippen molar-refractivity contribution in [3.05, 3.63) is 30.1 Å². The minimum Gasteiger partial charge on any atom is -0.298 e. The minimum atomic E-state index is -2.21. The second-order valence-corrected chi connectivity index (χ2v) is 4.25. The summed E-state index contributed by atoms with van der Waals surface area (Å²) in [7, 11) is 0. The maximum absolute atomic E-state index is 12.2. The Bertz CT molecular complexity index is 308. The maximum Gasteiger partial charge on any atom is 0.251 e. The number of pyridine rings is 1. The van der Waals surface area contributed by atoms with Gasteiger partial charge >= 0.3 is 0 Å². The summed E-state index contributed by atoms with van der Waals surface area (Å²) >= 11 is 0. The molecule has 4 heteroatoms. The number of likely N-dealkylation sites (tertiary alicyclic amines) is 1. The smallest absolute Gasteiger partial charge is 0.251 e. The SMILES string of the molecule is FC(F)CN1CCC(c2cccnc2)CC1. The highest BCUT2D eigenvalue weighted by molar-refractivity contribution is 5.15. The van der Waals surface area contributed by atoms with Crippen molar-refractivity contribution in [3.63, 3.8) is 0 Å². The van der Waals surface area contributed by atoms with Crippen LogP contribution in [0.2, 0.25) is 0 Å². The fraction of sp³-hybridized carbons (Fsp3) is 0.583. The molecule has 0 unspecified atom stereocenters. The summed E-state index contributed by atoms with van der Waals surface area (Å²) < 4.78 is 24.4. The van der Waals surface area contributed by atoms with Crippen LogP contribution in [0, 0.1) is 0 Å². The predicted molar refractivity (Wildman–Crippen MR) is 58.7 cm³/mol. The Kier molecular flexibility index (Phi) is 3.83. The molecular formula is C12H16F2N2. The third-order valence-corrected chi connectivity index (χ3v) is 3.14. The fourth-order valence-electron chi connectivity index (χ4n) is 2.26. The summed E-state index contributed by atoms with van der Waals surface area (Å²) in [6.07, 6.45) is 3.34. The van der Waals surface area contributed by atoms with Gasteiger partial charge in [0, 0.05) is 12.4 Å². The van der Waals surface area contributed by atoms with Gasteiger partial charge < -0.3 is 0 Å². The monoisotopic (exact) mass is 226 g/mol. The average Bonchev–Trinajstić information content (AvgIpc) is 2.30. The van der Waals surface area contributed by atoms with Crippen LogP contribution in [0.1, 0.15) is 24.3 Å². The molecule has 0 bridgehead atoms. The van der Waals surface area contributed by atoms with Gasteiger partial charge in [-0.05, 0) is 43.5 Å². The van der Waals surface area contributed by atoms with Crippen LogP contribution < -0.4 is 0 Å². The largest absolute Gasteiger partial charge is 0.298 e. The second kappa shape index (κ2) is 5.34. The number of piperidine rings is 1. The van der Waals surface area contributed by atoms with Gasteiger partial charge in [-0.15, -0.1) is 0 Å². The maximum atomic E-state index is 12.2. The summed E-state index contributed by atoms with van der Waals surface area (Å²) in [5, 5.41) is 0. The Morgan fingerprint density at radius 2 is 2.12 bits per heavy atom. The van der Waals surface area contributed by atoms with Gasteiger partial charge in [0.25, 0.3) is 6.43 Å². The van der Waals surface area contributed by atoms with E-state index in [-0.39, 0.29) is 6.54 Å². The molecule has 0 spiro atoms. The normalized spacial score (nSPS) is 19.2. The predicted octanol–water partition coefficient (Wildman–Crippen LogP) is 2.53. The Morgan fingerprint density at radius 3 is 2.69 bits per heavy atom. The molecule has 0 aliphatic carbocycles. The van der Waals surface area contributed by atoms with Crippen molar-refractivity contribution in [2.24, 2.45) is 0 Å². The van der Waals surface area contributed by atoms with Crippen molar-refractivity contribution in [1.29, 1.82) is 0 Å². The fourth-order valence-corrected chi connectivity index (χ4v) is 2.26. The van der Waals surface area contributed by atoms with Crippen LogP contribution in [0.5, 0.6) is 0 Å². The summed E-state index contributed by atoms with van der Waals surface area (Å²) in [5.74, 6) is 0.489. The number of hydrogen-bond acceptors (Lipinski definition) is 2. The molecule has 0 saturated carbocycles. The lowest BCUT2D eigenvalue weighted by atomic mass is 9.90. The van der Waals surface area contributed by atoms with Gasteiger partial charge in [-0.1, -0.05) is 6.07 Å². The zero-order chi connectivity index (χ0) is 11.4. The lowest BCUT2D eigenvalue weighted by Gasteiger charge is -2.31. The van der Waals surface area contributed by atoms with Gasteiger partial charge in [-0.2, -0.15) is 0 Å². The van der Waals surface area contributed by atoms with Crippen molar-refractivity contribution in [1.82, 2.24) is 9.88 Å². The van der Waals surface area contributed by atoms with Crippen LogP contribution in [0.25, 0.3) is 0 Å². The molecule has 1 saturated heterocycles. The molecule has 0 N–H and O–H groups in total. The molecule has 16 heavy (non-hydrogen) atoms. The zero-order valence-electron chi connectivity index (χ0n) is 9.15. The Balaban J connectivity index is 1.86. The first kappa shape index (κ1) is 11.5. The third kappa shape index (κ3) is 2.98. The van der Waals surface area contributed by atoms with E-state index >= 15 is 0 Å². The second-order valence-electron chi connectivity index (χ2n) is 4.25. The minimum absolute atomic E-state index is 0.0836. The van der Waals surface area contributed by atoms with Gasteiger partial charge in [-0.25, -0.2) is 8.78 Å². The molecule has 88 valence electrons. The number of halogens is 2. The molecule has 2 nitrogen and oxygen atoms in total. The molecule has 0 radical (unpaired) electrons. The first-order valence-corrected chi connectivity index (χ1v) is 5.66. The Hall–Kier alpha value is -1.03. The van der Waals surface area contributed by atoms with Gasteiger partial charge in [0.1, 0.15) is 0 Å². The van der Waals surface area contributed by atoms with E-state index in [9.17, 15) is 8.78 Å².